The molecule has 4 rings (SSSR count). The van der Waals surface area contributed by atoms with E-state index in [9.17, 15) is 4.79 Å². The van der Waals surface area contributed by atoms with Gasteiger partial charge < -0.3 is 14.2 Å². The average molecular weight is 424 g/mol. The molecule has 4 aromatic rings. The van der Waals surface area contributed by atoms with E-state index >= 15 is 0 Å². The third kappa shape index (κ3) is 6.22. The molecule has 160 valence electrons. The fourth-order valence-corrected chi connectivity index (χ4v) is 3.12. The van der Waals surface area contributed by atoms with Gasteiger partial charge in [0.2, 0.25) is 0 Å². The van der Waals surface area contributed by atoms with Crippen LogP contribution in [0.3, 0.4) is 0 Å². The molecule has 0 saturated carbocycles. The average Bonchev–Trinajstić information content (AvgIpc) is 2.87. The van der Waals surface area contributed by atoms with Crippen LogP contribution in [0.2, 0.25) is 0 Å². The van der Waals surface area contributed by atoms with Gasteiger partial charge in [-0.05, 0) is 65.2 Å². The monoisotopic (exact) mass is 424 g/mol. The summed E-state index contributed by atoms with van der Waals surface area (Å²) in [5.41, 5.74) is 3.84. The Kier molecular flexibility index (Phi) is 7.17. The van der Waals surface area contributed by atoms with E-state index in [1.807, 2.05) is 78.9 Å². The second kappa shape index (κ2) is 10.8. The summed E-state index contributed by atoms with van der Waals surface area (Å²) in [6.07, 6.45) is 0.815. The lowest BCUT2D eigenvalue weighted by molar-refractivity contribution is 0.112. The molecule has 4 nitrogen and oxygen atoms in total. The Morgan fingerprint density at radius 1 is 0.500 bits per heavy atom. The van der Waals surface area contributed by atoms with Gasteiger partial charge in [-0.15, -0.1) is 0 Å². The Morgan fingerprint density at radius 2 is 1.03 bits per heavy atom. The number of carbonyl (C=O) groups excluding carboxylic acids is 1. The van der Waals surface area contributed by atoms with Crippen molar-refractivity contribution in [1.29, 1.82) is 0 Å². The second-order valence-electron chi connectivity index (χ2n) is 7.33. The van der Waals surface area contributed by atoms with Crippen LogP contribution in [0.25, 0.3) is 0 Å². The summed E-state index contributed by atoms with van der Waals surface area (Å²) < 4.78 is 17.6. The zero-order valence-electron chi connectivity index (χ0n) is 17.6. The Bertz CT molecular complexity index is 1120. The molecule has 0 aliphatic rings. The maximum absolute atomic E-state index is 10.7. The van der Waals surface area contributed by atoms with Crippen LogP contribution in [-0.4, -0.2) is 6.29 Å². The van der Waals surface area contributed by atoms with Crippen molar-refractivity contribution in [3.05, 3.63) is 125 Å². The molecule has 0 aliphatic heterocycles. The zero-order valence-corrected chi connectivity index (χ0v) is 17.6. The highest BCUT2D eigenvalue weighted by Crippen LogP contribution is 2.19. The van der Waals surface area contributed by atoms with E-state index in [4.69, 9.17) is 14.2 Å². The van der Waals surface area contributed by atoms with E-state index in [2.05, 4.69) is 0 Å². The maximum atomic E-state index is 10.7. The summed E-state index contributed by atoms with van der Waals surface area (Å²) >= 11 is 0. The maximum Gasteiger partial charge on any atom is 0.150 e. The third-order valence-electron chi connectivity index (χ3n) is 4.90. The smallest absolute Gasteiger partial charge is 0.150 e. The standard InChI is InChI=1S/C28H24O4/c29-18-22-9-13-26(14-10-22)31-21-25-7-4-8-28(17-25)32-20-24-11-15-27(16-12-24)30-19-23-5-2-1-3-6-23/h1-18H,19-21H2. The van der Waals surface area contributed by atoms with Gasteiger partial charge in [0.05, 0.1) is 0 Å². The fraction of sp³-hybridized carbons (Fsp3) is 0.107. The number of ether oxygens (including phenoxy) is 3. The predicted molar refractivity (Wildman–Crippen MR) is 124 cm³/mol. The lowest BCUT2D eigenvalue weighted by atomic mass is 10.2. The largest absolute Gasteiger partial charge is 0.489 e. The van der Waals surface area contributed by atoms with Crippen LogP contribution in [-0.2, 0) is 19.8 Å². The first-order valence-corrected chi connectivity index (χ1v) is 10.4. The highest BCUT2D eigenvalue weighted by molar-refractivity contribution is 5.74. The topological polar surface area (TPSA) is 44.8 Å². The molecule has 0 unspecified atom stereocenters. The predicted octanol–water partition coefficient (Wildman–Crippen LogP) is 6.24. The number of carbonyl (C=O) groups is 1. The minimum atomic E-state index is 0.422. The van der Waals surface area contributed by atoms with Crippen LogP contribution in [0, 0.1) is 0 Å². The molecule has 0 radical (unpaired) electrons. The number of aldehydes is 1. The summed E-state index contributed by atoms with van der Waals surface area (Å²) in [5, 5.41) is 0. The molecular formula is C28H24O4. The number of rotatable bonds is 10. The van der Waals surface area contributed by atoms with E-state index in [-0.39, 0.29) is 0 Å². The normalized spacial score (nSPS) is 10.4. The van der Waals surface area contributed by atoms with Crippen LogP contribution in [0.4, 0.5) is 0 Å². The zero-order chi connectivity index (χ0) is 22.0. The van der Waals surface area contributed by atoms with Crippen molar-refractivity contribution in [3.63, 3.8) is 0 Å². The van der Waals surface area contributed by atoms with E-state index in [1.165, 1.54) is 0 Å². The van der Waals surface area contributed by atoms with Crippen molar-refractivity contribution in [1.82, 2.24) is 0 Å². The van der Waals surface area contributed by atoms with Gasteiger partial charge in [0.25, 0.3) is 0 Å². The molecule has 0 bridgehead atoms. The van der Waals surface area contributed by atoms with E-state index in [0.29, 0.717) is 25.4 Å². The quantitative estimate of drug-likeness (QED) is 0.283. The molecule has 0 spiro atoms. The summed E-state index contributed by atoms with van der Waals surface area (Å²) in [5.74, 6) is 2.33. The Balaban J connectivity index is 1.26. The molecule has 0 saturated heterocycles. The lowest BCUT2D eigenvalue weighted by Gasteiger charge is -2.11. The van der Waals surface area contributed by atoms with Crippen LogP contribution in [0.5, 0.6) is 17.2 Å². The highest BCUT2D eigenvalue weighted by atomic mass is 16.5. The van der Waals surface area contributed by atoms with E-state index in [1.54, 1.807) is 24.3 Å². The lowest BCUT2D eigenvalue weighted by Crippen LogP contribution is -1.99. The van der Waals surface area contributed by atoms with Crippen molar-refractivity contribution < 1.29 is 19.0 Å². The van der Waals surface area contributed by atoms with Gasteiger partial charge in [-0.1, -0.05) is 54.6 Å². The van der Waals surface area contributed by atoms with Gasteiger partial charge in [-0.3, -0.25) is 4.79 Å². The highest BCUT2D eigenvalue weighted by Gasteiger charge is 2.02. The first-order chi connectivity index (χ1) is 15.8. The SMILES string of the molecule is O=Cc1ccc(OCc2cccc(OCc3ccc(OCc4ccccc4)cc3)c2)cc1. The summed E-state index contributed by atoms with van der Waals surface area (Å²) in [4.78, 5) is 10.7. The first-order valence-electron chi connectivity index (χ1n) is 10.4. The minimum Gasteiger partial charge on any atom is -0.489 e. The van der Waals surface area contributed by atoms with E-state index < -0.39 is 0 Å². The number of hydrogen-bond donors (Lipinski definition) is 0. The summed E-state index contributed by atoms with van der Waals surface area (Å²) in [7, 11) is 0. The molecule has 0 atom stereocenters. The Labute approximate surface area is 188 Å². The van der Waals surface area contributed by atoms with Gasteiger partial charge >= 0.3 is 0 Å². The van der Waals surface area contributed by atoms with Gasteiger partial charge in [0.15, 0.2) is 0 Å². The van der Waals surface area contributed by atoms with E-state index in [0.717, 1.165) is 40.2 Å². The van der Waals surface area contributed by atoms with Crippen LogP contribution < -0.4 is 14.2 Å². The van der Waals surface area contributed by atoms with Gasteiger partial charge in [0, 0.05) is 5.56 Å². The van der Waals surface area contributed by atoms with Gasteiger partial charge in [0.1, 0.15) is 43.4 Å². The summed E-state index contributed by atoms with van der Waals surface area (Å²) in [6.45, 7) is 1.44. The molecule has 0 aromatic heterocycles. The minimum absolute atomic E-state index is 0.422. The van der Waals surface area contributed by atoms with Crippen LogP contribution in [0.1, 0.15) is 27.0 Å². The summed E-state index contributed by atoms with van der Waals surface area (Å²) in [6, 6.07) is 32.9. The van der Waals surface area contributed by atoms with Gasteiger partial charge in [-0.25, -0.2) is 0 Å². The first kappa shape index (κ1) is 21.2. The molecule has 32 heavy (non-hydrogen) atoms. The molecule has 0 aliphatic carbocycles. The molecule has 0 amide bonds. The van der Waals surface area contributed by atoms with Crippen LogP contribution in [0.15, 0.2) is 103 Å². The van der Waals surface area contributed by atoms with Crippen molar-refractivity contribution in [2.24, 2.45) is 0 Å². The van der Waals surface area contributed by atoms with Crippen molar-refractivity contribution in [2.45, 2.75) is 19.8 Å². The molecular weight excluding hydrogens is 400 g/mol. The van der Waals surface area contributed by atoms with Gasteiger partial charge in [-0.2, -0.15) is 0 Å². The molecule has 0 N–H and O–H groups in total. The van der Waals surface area contributed by atoms with Crippen LogP contribution >= 0.6 is 0 Å². The van der Waals surface area contributed by atoms with Crippen molar-refractivity contribution in [3.8, 4) is 17.2 Å². The molecule has 0 heterocycles. The Morgan fingerprint density at radius 3 is 1.69 bits per heavy atom. The number of benzene rings is 4. The second-order valence-corrected chi connectivity index (χ2v) is 7.33. The molecule has 4 aromatic carbocycles. The fourth-order valence-electron chi connectivity index (χ4n) is 3.12. The van der Waals surface area contributed by atoms with Crippen molar-refractivity contribution in [2.75, 3.05) is 0 Å². The van der Waals surface area contributed by atoms with Crippen molar-refractivity contribution >= 4 is 6.29 Å². The number of hydrogen-bond acceptors (Lipinski definition) is 4. The Hall–Kier alpha value is -4.05. The molecule has 0 fully saturated rings. The molecule has 4 heteroatoms. The third-order valence-corrected chi connectivity index (χ3v) is 4.90.